The van der Waals surface area contributed by atoms with Crippen LogP contribution in [0.2, 0.25) is 10.0 Å². The minimum Gasteiger partial charge on any atom is -0.503 e. The van der Waals surface area contributed by atoms with Gasteiger partial charge in [-0.2, -0.15) is 0 Å². The zero-order valence-electron chi connectivity index (χ0n) is 15.8. The number of esters is 1. The Labute approximate surface area is 177 Å². The number of carbonyl (C=O) groups is 2. The van der Waals surface area contributed by atoms with E-state index in [-0.39, 0.29) is 23.5 Å². The summed E-state index contributed by atoms with van der Waals surface area (Å²) >= 11 is 12.2. The van der Waals surface area contributed by atoms with Crippen LogP contribution < -0.4 is 10.1 Å². The molecular weight excluding hydrogens is 419 g/mol. The number of hydrogen-bond acceptors (Lipinski definition) is 6. The lowest BCUT2D eigenvalue weighted by atomic mass is 9.77. The second-order valence-electron chi connectivity index (χ2n) is 6.73. The fraction of sp³-hybridized carbons (Fsp3) is 0.350. The van der Waals surface area contributed by atoms with Crippen LogP contribution in [0, 0.1) is 0 Å². The molecule has 3 atom stereocenters. The number of aromatic nitrogens is 1. The van der Waals surface area contributed by atoms with Crippen molar-refractivity contribution in [1.82, 2.24) is 10.3 Å². The van der Waals surface area contributed by atoms with Crippen molar-refractivity contribution >= 4 is 35.1 Å². The minimum absolute atomic E-state index is 0.0179. The molecule has 1 aliphatic carbocycles. The van der Waals surface area contributed by atoms with Crippen LogP contribution in [0.25, 0.3) is 0 Å². The summed E-state index contributed by atoms with van der Waals surface area (Å²) in [5, 5.41) is 13.6. The summed E-state index contributed by atoms with van der Waals surface area (Å²) in [5.41, 5.74) is 0.640. The predicted molar refractivity (Wildman–Crippen MR) is 108 cm³/mol. The molecule has 1 fully saturated rings. The molecule has 29 heavy (non-hydrogen) atoms. The predicted octanol–water partition coefficient (Wildman–Crippen LogP) is 3.71. The number of carbonyl (C=O) groups excluding carboxylic acids is 2. The number of aromatic hydroxyl groups is 1. The van der Waals surface area contributed by atoms with Crippen LogP contribution in [0.4, 0.5) is 0 Å². The number of halogens is 2. The number of methoxy groups -OCH3 is 1. The standard InChI is InChI=1S/C20H20Cl2N2O5/c1-10(24-19(26)17-18(25)16(28-2)7-8-23-17)20(27)29-15-6-5-13(15)12-4-3-11(21)9-14(12)22/h3-4,7-10,13,15,25H,5-6H2,1-2H3,(H,24,26)/t10-,13?,15?/m0/s1. The second kappa shape index (κ2) is 8.88. The van der Waals surface area contributed by atoms with Gasteiger partial charge in [-0.1, -0.05) is 29.3 Å². The molecule has 0 saturated heterocycles. The van der Waals surface area contributed by atoms with Gasteiger partial charge in [-0.05, 0) is 37.5 Å². The first-order valence-electron chi connectivity index (χ1n) is 9.00. The van der Waals surface area contributed by atoms with Crippen molar-refractivity contribution in [2.24, 2.45) is 0 Å². The summed E-state index contributed by atoms with van der Waals surface area (Å²) < 4.78 is 10.5. The Balaban J connectivity index is 1.61. The third-order valence-electron chi connectivity index (χ3n) is 4.86. The van der Waals surface area contributed by atoms with E-state index in [0.29, 0.717) is 16.5 Å². The third-order valence-corrected chi connectivity index (χ3v) is 5.43. The molecule has 154 valence electrons. The fourth-order valence-corrected chi connectivity index (χ4v) is 3.66. The van der Waals surface area contributed by atoms with Gasteiger partial charge in [0.25, 0.3) is 5.91 Å². The highest BCUT2D eigenvalue weighted by Gasteiger charge is 2.37. The Morgan fingerprint density at radius 1 is 1.28 bits per heavy atom. The van der Waals surface area contributed by atoms with E-state index >= 15 is 0 Å². The molecule has 2 unspecified atom stereocenters. The average Bonchev–Trinajstić information content (AvgIpc) is 2.67. The van der Waals surface area contributed by atoms with Gasteiger partial charge in [0.1, 0.15) is 12.1 Å². The molecule has 2 N–H and O–H groups in total. The molecule has 1 amide bonds. The lowest BCUT2D eigenvalue weighted by Gasteiger charge is -2.37. The van der Waals surface area contributed by atoms with Crippen LogP contribution in [-0.2, 0) is 9.53 Å². The SMILES string of the molecule is COc1ccnc(C(=O)N[C@@H](C)C(=O)OC2CCC2c2ccc(Cl)cc2Cl)c1O. The van der Waals surface area contributed by atoms with Gasteiger partial charge in [-0.15, -0.1) is 0 Å². The fourth-order valence-electron chi connectivity index (χ4n) is 3.11. The molecule has 0 radical (unpaired) electrons. The quantitative estimate of drug-likeness (QED) is 0.666. The Morgan fingerprint density at radius 3 is 2.66 bits per heavy atom. The Kier molecular flexibility index (Phi) is 6.49. The van der Waals surface area contributed by atoms with Crippen LogP contribution >= 0.6 is 23.2 Å². The Morgan fingerprint density at radius 2 is 2.03 bits per heavy atom. The molecule has 7 nitrogen and oxygen atoms in total. The first-order chi connectivity index (χ1) is 13.8. The monoisotopic (exact) mass is 438 g/mol. The van der Waals surface area contributed by atoms with Gasteiger partial charge >= 0.3 is 5.97 Å². The van der Waals surface area contributed by atoms with E-state index in [9.17, 15) is 14.7 Å². The normalized spacial score (nSPS) is 19.0. The molecule has 1 saturated carbocycles. The number of hydrogen-bond donors (Lipinski definition) is 2. The van der Waals surface area contributed by atoms with E-state index in [2.05, 4.69) is 10.3 Å². The molecular formula is C20H20Cl2N2O5. The van der Waals surface area contributed by atoms with Crippen LogP contribution in [0.1, 0.15) is 41.7 Å². The molecule has 3 rings (SSSR count). The summed E-state index contributed by atoms with van der Waals surface area (Å²) in [7, 11) is 1.36. The number of benzene rings is 1. The van der Waals surface area contributed by atoms with Crippen LogP contribution in [0.3, 0.4) is 0 Å². The number of ether oxygens (including phenoxy) is 2. The summed E-state index contributed by atoms with van der Waals surface area (Å²) in [6, 6.07) is 5.72. The zero-order valence-corrected chi connectivity index (χ0v) is 17.3. The maximum Gasteiger partial charge on any atom is 0.328 e. The van der Waals surface area contributed by atoms with E-state index in [1.54, 1.807) is 12.1 Å². The van der Waals surface area contributed by atoms with Gasteiger partial charge in [-0.25, -0.2) is 9.78 Å². The highest BCUT2D eigenvalue weighted by atomic mass is 35.5. The highest BCUT2D eigenvalue weighted by molar-refractivity contribution is 6.35. The van der Waals surface area contributed by atoms with Crippen LogP contribution in [0.5, 0.6) is 11.5 Å². The highest BCUT2D eigenvalue weighted by Crippen LogP contribution is 2.42. The number of pyridine rings is 1. The van der Waals surface area contributed by atoms with Crippen molar-refractivity contribution in [3.63, 3.8) is 0 Å². The molecule has 2 aromatic rings. The summed E-state index contributed by atoms with van der Waals surface area (Å²) in [5.74, 6) is -1.60. The zero-order chi connectivity index (χ0) is 21.1. The molecule has 1 aliphatic rings. The second-order valence-corrected chi connectivity index (χ2v) is 7.57. The number of amides is 1. The van der Waals surface area contributed by atoms with Gasteiger partial charge in [0.05, 0.1) is 7.11 Å². The van der Waals surface area contributed by atoms with Crippen molar-refractivity contribution in [1.29, 1.82) is 0 Å². The van der Waals surface area contributed by atoms with Crippen molar-refractivity contribution in [3.05, 3.63) is 51.8 Å². The molecule has 0 aliphatic heterocycles. The molecule has 1 heterocycles. The van der Waals surface area contributed by atoms with E-state index in [1.807, 2.05) is 6.07 Å². The maximum absolute atomic E-state index is 12.4. The number of nitrogens with one attached hydrogen (secondary N) is 1. The third kappa shape index (κ3) is 4.57. The first kappa shape index (κ1) is 21.2. The van der Waals surface area contributed by atoms with Gasteiger partial charge < -0.3 is 19.9 Å². The molecule has 9 heteroatoms. The molecule has 1 aromatic carbocycles. The van der Waals surface area contributed by atoms with Gasteiger partial charge in [0.15, 0.2) is 17.2 Å². The average molecular weight is 439 g/mol. The minimum atomic E-state index is -0.933. The van der Waals surface area contributed by atoms with E-state index < -0.39 is 23.7 Å². The van der Waals surface area contributed by atoms with Crippen molar-refractivity contribution in [2.75, 3.05) is 7.11 Å². The van der Waals surface area contributed by atoms with Crippen molar-refractivity contribution in [3.8, 4) is 11.5 Å². The number of rotatable bonds is 6. The maximum atomic E-state index is 12.4. The van der Waals surface area contributed by atoms with E-state index in [4.69, 9.17) is 32.7 Å². The van der Waals surface area contributed by atoms with Crippen molar-refractivity contribution in [2.45, 2.75) is 37.8 Å². The Hall–Kier alpha value is -2.51. The van der Waals surface area contributed by atoms with Gasteiger partial charge in [-0.3, -0.25) is 4.79 Å². The van der Waals surface area contributed by atoms with E-state index in [1.165, 1.54) is 26.3 Å². The molecule has 1 aromatic heterocycles. The lowest BCUT2D eigenvalue weighted by Crippen LogP contribution is -2.44. The molecule has 0 bridgehead atoms. The lowest BCUT2D eigenvalue weighted by molar-refractivity contribution is -0.156. The summed E-state index contributed by atoms with van der Waals surface area (Å²) in [4.78, 5) is 28.6. The van der Waals surface area contributed by atoms with E-state index in [0.717, 1.165) is 12.0 Å². The number of nitrogens with zero attached hydrogens (tertiary/aromatic N) is 1. The van der Waals surface area contributed by atoms with Crippen LogP contribution in [0.15, 0.2) is 30.5 Å². The van der Waals surface area contributed by atoms with Gasteiger partial charge in [0, 0.05) is 28.2 Å². The Bertz CT molecular complexity index is 937. The largest absolute Gasteiger partial charge is 0.503 e. The molecule has 0 spiro atoms. The van der Waals surface area contributed by atoms with Gasteiger partial charge in [0.2, 0.25) is 0 Å². The van der Waals surface area contributed by atoms with Crippen LogP contribution in [-0.4, -0.2) is 41.2 Å². The summed E-state index contributed by atoms with van der Waals surface area (Å²) in [6.45, 7) is 1.50. The summed E-state index contributed by atoms with van der Waals surface area (Å²) in [6.07, 6.45) is 2.53. The first-order valence-corrected chi connectivity index (χ1v) is 9.75. The topological polar surface area (TPSA) is 97.8 Å². The smallest absolute Gasteiger partial charge is 0.328 e. The van der Waals surface area contributed by atoms with Crippen molar-refractivity contribution < 1.29 is 24.2 Å².